The Morgan fingerprint density at radius 1 is 1.46 bits per heavy atom. The highest BCUT2D eigenvalue weighted by Crippen LogP contribution is 2.18. The summed E-state index contributed by atoms with van der Waals surface area (Å²) in [5.41, 5.74) is 2.53. The number of hydrogen-bond donors (Lipinski definition) is 2. The largest absolute Gasteiger partial charge is 0.308 e. The van der Waals surface area contributed by atoms with Crippen molar-refractivity contribution in [2.45, 2.75) is 24.8 Å². The molecule has 5 heteroatoms. The number of rotatable bonds is 3. The van der Waals surface area contributed by atoms with Gasteiger partial charge in [-0.1, -0.05) is 13.8 Å². The number of hydrogen-bond acceptors (Lipinski definition) is 5. The lowest BCUT2D eigenvalue weighted by Gasteiger charge is -2.07. The molecule has 0 aliphatic rings. The van der Waals surface area contributed by atoms with E-state index in [1.807, 2.05) is 12.3 Å². The molecule has 0 unspecified atom stereocenters. The van der Waals surface area contributed by atoms with Crippen LogP contribution in [0.25, 0.3) is 0 Å². The molecular weight excluding hydrogens is 184 g/mol. The van der Waals surface area contributed by atoms with E-state index in [1.54, 1.807) is 11.8 Å². The SMILES string of the molecule is CSc1cc(NN)nc(C(C)C)n1. The van der Waals surface area contributed by atoms with Gasteiger partial charge in [-0.2, -0.15) is 0 Å². The van der Waals surface area contributed by atoms with E-state index in [-0.39, 0.29) is 0 Å². The van der Waals surface area contributed by atoms with Gasteiger partial charge in [0.2, 0.25) is 0 Å². The molecule has 0 aromatic carbocycles. The first kappa shape index (κ1) is 10.3. The molecule has 0 amide bonds. The zero-order chi connectivity index (χ0) is 9.84. The average Bonchev–Trinajstić information content (AvgIpc) is 2.16. The van der Waals surface area contributed by atoms with E-state index in [0.717, 1.165) is 10.9 Å². The quantitative estimate of drug-likeness (QED) is 0.334. The summed E-state index contributed by atoms with van der Waals surface area (Å²) in [7, 11) is 0. The summed E-state index contributed by atoms with van der Waals surface area (Å²) in [5.74, 6) is 7.10. The third-order valence-electron chi connectivity index (χ3n) is 1.59. The summed E-state index contributed by atoms with van der Waals surface area (Å²) in [6, 6.07) is 1.83. The van der Waals surface area contributed by atoms with Crippen molar-refractivity contribution < 1.29 is 0 Å². The van der Waals surface area contributed by atoms with Crippen LogP contribution in [-0.4, -0.2) is 16.2 Å². The molecule has 0 bridgehead atoms. The molecule has 0 aliphatic heterocycles. The Morgan fingerprint density at radius 2 is 2.15 bits per heavy atom. The van der Waals surface area contributed by atoms with Crippen LogP contribution >= 0.6 is 11.8 Å². The number of nitrogens with two attached hydrogens (primary N) is 1. The topological polar surface area (TPSA) is 63.8 Å². The van der Waals surface area contributed by atoms with Gasteiger partial charge in [-0.15, -0.1) is 11.8 Å². The van der Waals surface area contributed by atoms with Crippen LogP contribution in [0.2, 0.25) is 0 Å². The summed E-state index contributed by atoms with van der Waals surface area (Å²) >= 11 is 1.58. The third kappa shape index (κ3) is 2.57. The van der Waals surface area contributed by atoms with E-state index in [0.29, 0.717) is 11.7 Å². The Labute approximate surface area is 82.3 Å². The zero-order valence-corrected chi connectivity index (χ0v) is 8.85. The lowest BCUT2D eigenvalue weighted by molar-refractivity contribution is 0.755. The van der Waals surface area contributed by atoms with Gasteiger partial charge in [0.1, 0.15) is 16.7 Å². The number of thioether (sulfide) groups is 1. The summed E-state index contributed by atoms with van der Waals surface area (Å²) in [6.45, 7) is 4.11. The van der Waals surface area contributed by atoms with Crippen molar-refractivity contribution in [2.75, 3.05) is 11.7 Å². The predicted octanol–water partition coefficient (Wildman–Crippen LogP) is 1.61. The van der Waals surface area contributed by atoms with E-state index < -0.39 is 0 Å². The molecule has 1 aromatic rings. The van der Waals surface area contributed by atoms with Gasteiger partial charge in [-0.3, -0.25) is 0 Å². The minimum absolute atomic E-state index is 0.319. The van der Waals surface area contributed by atoms with Crippen LogP contribution in [-0.2, 0) is 0 Å². The highest BCUT2D eigenvalue weighted by Gasteiger charge is 2.06. The van der Waals surface area contributed by atoms with Gasteiger partial charge in [0, 0.05) is 12.0 Å². The maximum atomic E-state index is 5.29. The molecular formula is C8H14N4S. The number of aromatic nitrogens is 2. The maximum Gasteiger partial charge on any atom is 0.144 e. The molecule has 0 spiro atoms. The Balaban J connectivity index is 3.07. The molecule has 13 heavy (non-hydrogen) atoms. The minimum Gasteiger partial charge on any atom is -0.308 e. The molecule has 72 valence electrons. The third-order valence-corrected chi connectivity index (χ3v) is 2.22. The van der Waals surface area contributed by atoms with E-state index in [2.05, 4.69) is 29.2 Å². The zero-order valence-electron chi connectivity index (χ0n) is 8.03. The fraction of sp³-hybridized carbons (Fsp3) is 0.500. The summed E-state index contributed by atoms with van der Waals surface area (Å²) in [6.07, 6.45) is 1.98. The first-order chi connectivity index (χ1) is 6.17. The number of anilines is 1. The fourth-order valence-corrected chi connectivity index (χ4v) is 1.29. The van der Waals surface area contributed by atoms with Gasteiger partial charge >= 0.3 is 0 Å². The Hall–Kier alpha value is -0.810. The van der Waals surface area contributed by atoms with Crippen LogP contribution in [0.1, 0.15) is 25.6 Å². The van der Waals surface area contributed by atoms with Gasteiger partial charge in [0.05, 0.1) is 0 Å². The fourth-order valence-electron chi connectivity index (χ4n) is 0.880. The Kier molecular flexibility index (Phi) is 3.50. The van der Waals surface area contributed by atoms with Gasteiger partial charge in [0.15, 0.2) is 0 Å². The molecule has 0 fully saturated rings. The standard InChI is InChI=1S/C8H14N4S/c1-5(2)8-10-6(12-9)4-7(11-8)13-3/h4-5H,9H2,1-3H3,(H,10,11,12). The molecule has 0 radical (unpaired) electrons. The lowest BCUT2D eigenvalue weighted by Crippen LogP contribution is -2.11. The smallest absolute Gasteiger partial charge is 0.144 e. The Morgan fingerprint density at radius 3 is 2.62 bits per heavy atom. The van der Waals surface area contributed by atoms with Crippen LogP contribution in [0.5, 0.6) is 0 Å². The maximum absolute atomic E-state index is 5.29. The van der Waals surface area contributed by atoms with Crippen LogP contribution in [0.3, 0.4) is 0 Å². The molecule has 0 saturated carbocycles. The van der Waals surface area contributed by atoms with Crippen LogP contribution in [0.4, 0.5) is 5.82 Å². The number of nitrogens with one attached hydrogen (secondary N) is 1. The molecule has 1 aromatic heterocycles. The van der Waals surface area contributed by atoms with Crippen LogP contribution in [0.15, 0.2) is 11.1 Å². The summed E-state index contributed by atoms with van der Waals surface area (Å²) in [4.78, 5) is 8.59. The van der Waals surface area contributed by atoms with Crippen molar-refractivity contribution >= 4 is 17.6 Å². The number of nitrogen functional groups attached to an aromatic ring is 1. The normalized spacial score (nSPS) is 10.5. The van der Waals surface area contributed by atoms with Crippen LogP contribution in [0, 0.1) is 0 Å². The minimum atomic E-state index is 0.319. The highest BCUT2D eigenvalue weighted by molar-refractivity contribution is 7.98. The second kappa shape index (κ2) is 4.43. The number of nitrogens with zero attached hydrogens (tertiary/aromatic N) is 2. The van der Waals surface area contributed by atoms with Crippen molar-refractivity contribution in [3.8, 4) is 0 Å². The second-order valence-electron chi connectivity index (χ2n) is 2.95. The van der Waals surface area contributed by atoms with Crippen molar-refractivity contribution in [3.05, 3.63) is 11.9 Å². The van der Waals surface area contributed by atoms with E-state index in [1.165, 1.54) is 0 Å². The Bertz CT molecular complexity index is 265. The number of hydrazine groups is 1. The molecule has 0 atom stereocenters. The van der Waals surface area contributed by atoms with E-state index in [9.17, 15) is 0 Å². The molecule has 1 rings (SSSR count). The molecule has 4 nitrogen and oxygen atoms in total. The van der Waals surface area contributed by atoms with Crippen molar-refractivity contribution in [3.63, 3.8) is 0 Å². The van der Waals surface area contributed by atoms with Gasteiger partial charge in [-0.05, 0) is 6.26 Å². The van der Waals surface area contributed by atoms with Gasteiger partial charge in [-0.25, -0.2) is 15.8 Å². The predicted molar refractivity (Wildman–Crippen MR) is 55.7 cm³/mol. The summed E-state index contributed by atoms with van der Waals surface area (Å²) in [5, 5.41) is 0.937. The van der Waals surface area contributed by atoms with Crippen LogP contribution < -0.4 is 11.3 Å². The van der Waals surface area contributed by atoms with Crippen molar-refractivity contribution in [1.82, 2.24) is 9.97 Å². The van der Waals surface area contributed by atoms with Gasteiger partial charge < -0.3 is 5.43 Å². The average molecular weight is 198 g/mol. The lowest BCUT2D eigenvalue weighted by atomic mass is 10.2. The van der Waals surface area contributed by atoms with E-state index in [4.69, 9.17) is 5.84 Å². The van der Waals surface area contributed by atoms with Gasteiger partial charge in [0.25, 0.3) is 0 Å². The molecule has 1 heterocycles. The first-order valence-corrected chi connectivity index (χ1v) is 5.29. The van der Waals surface area contributed by atoms with E-state index >= 15 is 0 Å². The highest BCUT2D eigenvalue weighted by atomic mass is 32.2. The van der Waals surface area contributed by atoms with Crippen molar-refractivity contribution in [1.29, 1.82) is 0 Å². The first-order valence-electron chi connectivity index (χ1n) is 4.07. The monoisotopic (exact) mass is 198 g/mol. The molecule has 3 N–H and O–H groups in total. The van der Waals surface area contributed by atoms with Crippen molar-refractivity contribution in [2.24, 2.45) is 5.84 Å². The molecule has 0 aliphatic carbocycles. The summed E-state index contributed by atoms with van der Waals surface area (Å²) < 4.78 is 0. The second-order valence-corrected chi connectivity index (χ2v) is 3.78. The molecule has 0 saturated heterocycles.